The van der Waals surface area contributed by atoms with E-state index in [9.17, 15) is 9.59 Å². The minimum absolute atomic E-state index is 0.0253. The lowest BCUT2D eigenvalue weighted by molar-refractivity contribution is -0.129. The fourth-order valence-electron chi connectivity index (χ4n) is 2.61. The summed E-state index contributed by atoms with van der Waals surface area (Å²) in [6.45, 7) is 4.28. The van der Waals surface area contributed by atoms with Gasteiger partial charge in [0.1, 0.15) is 17.0 Å². The number of nitrogens with zero attached hydrogens (tertiary/aromatic N) is 1. The number of carbonyl (C=O) groups excluding carboxylic acids is 2. The zero-order valence-electron chi connectivity index (χ0n) is 11.7. The lowest BCUT2D eigenvalue weighted by Gasteiger charge is -2.40. The molecule has 0 saturated carbocycles. The number of ketones is 2. The third kappa shape index (κ3) is 2.27. The Hall–Kier alpha value is -1.69. The van der Waals surface area contributed by atoms with Crippen molar-refractivity contribution in [3.8, 4) is 0 Å². The number of benzene rings is 1. The Kier molecular flexibility index (Phi) is 3.57. The second-order valence-electron chi connectivity index (χ2n) is 5.14. The molecule has 3 rings (SSSR count). The molecule has 1 aromatic rings. The first-order valence-corrected chi connectivity index (χ1v) is 7.15. The molecule has 1 aliphatic carbocycles. The van der Waals surface area contributed by atoms with Crippen LogP contribution in [-0.4, -0.2) is 35.5 Å². The Morgan fingerprint density at radius 2 is 1.81 bits per heavy atom. The number of fused-ring (bicyclic) bond motifs is 1. The van der Waals surface area contributed by atoms with Crippen molar-refractivity contribution in [3.05, 3.63) is 46.1 Å². The van der Waals surface area contributed by atoms with Crippen molar-refractivity contribution < 1.29 is 14.3 Å². The molecule has 2 unspecified atom stereocenters. The molecular formula is C15H15ClN2O3. The molecule has 6 heteroatoms. The minimum Gasteiger partial charge on any atom is -0.353 e. The second kappa shape index (κ2) is 5.26. The number of halogens is 1. The normalized spacial score (nSPS) is 26.1. The lowest BCUT2D eigenvalue weighted by Crippen LogP contribution is -2.55. The molecular weight excluding hydrogens is 292 g/mol. The van der Waals surface area contributed by atoms with Crippen molar-refractivity contribution in [1.29, 1.82) is 0 Å². The number of hydrogen-bond acceptors (Lipinski definition) is 5. The third-order valence-electron chi connectivity index (χ3n) is 3.62. The first-order chi connectivity index (χ1) is 10.0. The van der Waals surface area contributed by atoms with Gasteiger partial charge >= 0.3 is 0 Å². The highest BCUT2D eigenvalue weighted by Crippen LogP contribution is 2.31. The molecule has 1 aromatic carbocycles. The average molecular weight is 307 g/mol. The number of nitrogens with one attached hydrogen (secondary N) is 1. The highest BCUT2D eigenvalue weighted by atomic mass is 35.5. The van der Waals surface area contributed by atoms with Crippen LogP contribution in [0.4, 0.5) is 0 Å². The summed E-state index contributed by atoms with van der Waals surface area (Å²) in [7, 11) is 0. The number of allylic oxidation sites excluding steroid dienone is 2. The van der Waals surface area contributed by atoms with E-state index in [1.807, 2.05) is 6.92 Å². The molecule has 1 aliphatic heterocycles. The predicted molar refractivity (Wildman–Crippen MR) is 77.8 cm³/mol. The summed E-state index contributed by atoms with van der Waals surface area (Å²) in [5.41, 5.74) is 3.96. The van der Waals surface area contributed by atoms with Crippen LogP contribution in [0, 0.1) is 0 Å². The van der Waals surface area contributed by atoms with Crippen LogP contribution < -0.4 is 5.43 Å². The number of Topliss-reactive ketones (excluding diaryl/α,β-unsaturated/α-hetero) is 2. The lowest BCUT2D eigenvalue weighted by atomic mass is 9.92. The molecule has 1 saturated heterocycles. The number of hydrazine groups is 1. The number of rotatable bonds is 1. The van der Waals surface area contributed by atoms with Gasteiger partial charge in [0.25, 0.3) is 0 Å². The summed E-state index contributed by atoms with van der Waals surface area (Å²) in [5, 5.41) is 1.47. The van der Waals surface area contributed by atoms with E-state index in [0.717, 1.165) is 0 Å². The van der Waals surface area contributed by atoms with Gasteiger partial charge in [0.2, 0.25) is 11.6 Å². The van der Waals surface area contributed by atoms with Crippen molar-refractivity contribution in [2.75, 3.05) is 6.54 Å². The monoisotopic (exact) mass is 306 g/mol. The largest absolute Gasteiger partial charge is 0.353 e. The smallest absolute Gasteiger partial charge is 0.212 e. The summed E-state index contributed by atoms with van der Waals surface area (Å²) in [6, 6.07) is 6.69. The van der Waals surface area contributed by atoms with Gasteiger partial charge < -0.3 is 4.74 Å². The molecule has 1 heterocycles. The van der Waals surface area contributed by atoms with E-state index >= 15 is 0 Å². The van der Waals surface area contributed by atoms with Gasteiger partial charge in [-0.3, -0.25) is 14.6 Å². The predicted octanol–water partition coefficient (Wildman–Crippen LogP) is 2.09. The highest BCUT2D eigenvalue weighted by molar-refractivity contribution is 6.49. The van der Waals surface area contributed by atoms with Crippen LogP contribution in [0.1, 0.15) is 34.6 Å². The van der Waals surface area contributed by atoms with Crippen molar-refractivity contribution in [3.63, 3.8) is 0 Å². The quantitative estimate of drug-likeness (QED) is 0.861. The zero-order valence-corrected chi connectivity index (χ0v) is 12.5. The average Bonchev–Trinajstić information content (AvgIpc) is 2.47. The molecule has 0 radical (unpaired) electrons. The topological polar surface area (TPSA) is 58.6 Å². The van der Waals surface area contributed by atoms with Crippen LogP contribution in [0.2, 0.25) is 0 Å². The molecule has 1 N–H and O–H groups in total. The molecule has 110 valence electrons. The van der Waals surface area contributed by atoms with Crippen molar-refractivity contribution in [2.45, 2.75) is 26.2 Å². The van der Waals surface area contributed by atoms with E-state index in [1.54, 1.807) is 36.2 Å². The summed E-state index contributed by atoms with van der Waals surface area (Å²) in [6.07, 6.45) is -0.364. The summed E-state index contributed by atoms with van der Waals surface area (Å²) in [5.74, 6) is -0.609. The molecule has 2 atom stereocenters. The van der Waals surface area contributed by atoms with Crippen LogP contribution in [-0.2, 0) is 4.74 Å². The Morgan fingerprint density at radius 3 is 2.43 bits per heavy atom. The second-order valence-corrected chi connectivity index (χ2v) is 5.52. The Balaban J connectivity index is 2.05. The standard InChI is InChI=1S/C15H15ClN2O3/c1-8-7-17-18(9(2)21-8)13-12(16)14(19)10-5-3-4-6-11(10)15(13)20/h3-6,8-9,17H,7H2,1-2H3. The van der Waals surface area contributed by atoms with Gasteiger partial charge in [0, 0.05) is 17.7 Å². The maximum absolute atomic E-state index is 12.7. The van der Waals surface area contributed by atoms with Crippen LogP contribution >= 0.6 is 11.6 Å². The van der Waals surface area contributed by atoms with E-state index in [2.05, 4.69) is 5.43 Å². The maximum Gasteiger partial charge on any atom is 0.212 e. The molecule has 0 aromatic heterocycles. The van der Waals surface area contributed by atoms with Gasteiger partial charge in [0.15, 0.2) is 0 Å². The maximum atomic E-state index is 12.7. The molecule has 0 amide bonds. The van der Waals surface area contributed by atoms with Crippen molar-refractivity contribution in [2.24, 2.45) is 0 Å². The minimum atomic E-state index is -0.389. The van der Waals surface area contributed by atoms with Gasteiger partial charge in [-0.15, -0.1) is 0 Å². The van der Waals surface area contributed by atoms with Crippen LogP contribution in [0.25, 0.3) is 0 Å². The van der Waals surface area contributed by atoms with Gasteiger partial charge in [-0.25, -0.2) is 5.43 Å². The highest BCUT2D eigenvalue weighted by Gasteiger charge is 2.37. The van der Waals surface area contributed by atoms with Gasteiger partial charge in [-0.2, -0.15) is 0 Å². The van der Waals surface area contributed by atoms with Crippen LogP contribution in [0.15, 0.2) is 35.0 Å². The molecule has 21 heavy (non-hydrogen) atoms. The first kappa shape index (κ1) is 14.3. The Bertz CT molecular complexity index is 656. The SMILES string of the molecule is CC1CNN(C2=C(Cl)C(=O)c3ccccc3C2=O)C(C)O1. The van der Waals surface area contributed by atoms with Crippen LogP contribution in [0.3, 0.4) is 0 Å². The molecule has 0 bridgehead atoms. The fourth-order valence-corrected chi connectivity index (χ4v) is 2.89. The summed E-state index contributed by atoms with van der Waals surface area (Å²) >= 11 is 6.16. The van der Waals surface area contributed by atoms with E-state index in [4.69, 9.17) is 16.3 Å². The summed E-state index contributed by atoms with van der Waals surface area (Å²) < 4.78 is 5.68. The fraction of sp³-hybridized carbons (Fsp3) is 0.333. The van der Waals surface area contributed by atoms with Gasteiger partial charge in [0.05, 0.1) is 6.10 Å². The van der Waals surface area contributed by atoms with Crippen LogP contribution in [0.5, 0.6) is 0 Å². The number of ether oxygens (including phenoxy) is 1. The first-order valence-electron chi connectivity index (χ1n) is 6.77. The third-order valence-corrected chi connectivity index (χ3v) is 3.97. The molecule has 1 fully saturated rings. The van der Waals surface area contributed by atoms with Crippen molar-refractivity contribution >= 4 is 23.2 Å². The zero-order chi connectivity index (χ0) is 15.1. The van der Waals surface area contributed by atoms with Gasteiger partial charge in [-0.1, -0.05) is 35.9 Å². The Labute approximate surface area is 127 Å². The number of hydrogen-bond donors (Lipinski definition) is 1. The van der Waals surface area contributed by atoms with Crippen molar-refractivity contribution in [1.82, 2.24) is 10.4 Å². The van der Waals surface area contributed by atoms with Gasteiger partial charge in [-0.05, 0) is 13.8 Å². The van der Waals surface area contributed by atoms with E-state index in [-0.39, 0.29) is 34.6 Å². The molecule has 5 nitrogen and oxygen atoms in total. The van der Waals surface area contributed by atoms with E-state index in [0.29, 0.717) is 17.7 Å². The Morgan fingerprint density at radius 1 is 1.19 bits per heavy atom. The summed E-state index contributed by atoms with van der Waals surface area (Å²) in [4.78, 5) is 25.0. The molecule has 0 spiro atoms. The van der Waals surface area contributed by atoms with E-state index < -0.39 is 0 Å². The molecule has 2 aliphatic rings. The number of carbonyl (C=O) groups is 2. The van der Waals surface area contributed by atoms with E-state index in [1.165, 1.54) is 0 Å².